The lowest BCUT2D eigenvalue weighted by molar-refractivity contribution is 0.201. The molecule has 7 heteroatoms. The molecule has 0 spiro atoms. The van der Waals surface area contributed by atoms with Gasteiger partial charge >= 0.3 is 0 Å². The van der Waals surface area contributed by atoms with Crippen LogP contribution in [0, 0.1) is 45.3 Å². The molecule has 158 valence electrons. The molecule has 2 unspecified atom stereocenters. The van der Waals surface area contributed by atoms with Gasteiger partial charge in [0, 0.05) is 31.5 Å². The van der Waals surface area contributed by atoms with Crippen LogP contribution in [-0.4, -0.2) is 18.0 Å². The molecule has 2 aromatic carbocycles. The molecule has 0 fully saturated rings. The smallest absolute Gasteiger partial charge is 0.191 e. The number of benzene rings is 2. The van der Waals surface area contributed by atoms with E-state index in [1.54, 1.807) is 18.2 Å². The highest BCUT2D eigenvalue weighted by Crippen LogP contribution is 2.55. The number of nitrogens with two attached hydrogens (primary N) is 1. The van der Waals surface area contributed by atoms with Crippen LogP contribution in [0.3, 0.4) is 0 Å². The number of rotatable bonds is 3. The van der Waals surface area contributed by atoms with Crippen molar-refractivity contribution >= 4 is 23.2 Å². The summed E-state index contributed by atoms with van der Waals surface area (Å²) in [4.78, 5) is 2.23. The molecular weight excluding hydrogens is 441 g/mol. The summed E-state index contributed by atoms with van der Waals surface area (Å²) in [5, 5.41) is 30.9. The molecule has 0 saturated heterocycles. The molecule has 2 atom stereocenters. The standard InChI is InChI=1S/C25H19Cl2N5/c26-21-8-4-7-18(23(21)27)22-20-13-32(12-16-5-2-1-3-6-16)10-9-17(20)19(11-28)24(31)25(22,14-29)15-30/h1-9,20,22H,10,12-13,31H2. The van der Waals surface area contributed by atoms with E-state index in [2.05, 4.69) is 35.2 Å². The first-order chi connectivity index (χ1) is 15.5. The van der Waals surface area contributed by atoms with Crippen LogP contribution in [0.15, 0.2) is 71.5 Å². The van der Waals surface area contributed by atoms with Crippen LogP contribution in [0.5, 0.6) is 0 Å². The van der Waals surface area contributed by atoms with Crippen molar-refractivity contribution in [3.8, 4) is 18.2 Å². The molecule has 0 aromatic heterocycles. The lowest BCUT2D eigenvalue weighted by atomic mass is 9.58. The van der Waals surface area contributed by atoms with Crippen LogP contribution in [0.4, 0.5) is 0 Å². The third-order valence-electron chi connectivity index (χ3n) is 6.31. The summed E-state index contributed by atoms with van der Waals surface area (Å²) in [6.07, 6.45) is 1.98. The summed E-state index contributed by atoms with van der Waals surface area (Å²) < 4.78 is 0. The van der Waals surface area contributed by atoms with Gasteiger partial charge in [0.1, 0.15) is 6.07 Å². The number of halogens is 2. The molecule has 4 rings (SSSR count). The molecule has 2 aliphatic rings. The lowest BCUT2D eigenvalue weighted by Crippen LogP contribution is -2.48. The average molecular weight is 460 g/mol. The summed E-state index contributed by atoms with van der Waals surface area (Å²) >= 11 is 12.9. The summed E-state index contributed by atoms with van der Waals surface area (Å²) in [6, 6.07) is 21.7. The van der Waals surface area contributed by atoms with Gasteiger partial charge in [-0.15, -0.1) is 0 Å². The van der Waals surface area contributed by atoms with E-state index in [4.69, 9.17) is 28.9 Å². The summed E-state index contributed by atoms with van der Waals surface area (Å²) in [7, 11) is 0. The van der Waals surface area contributed by atoms with Gasteiger partial charge in [0.05, 0.1) is 33.5 Å². The third kappa shape index (κ3) is 3.44. The number of allylic oxidation sites excluding steroid dienone is 2. The quantitative estimate of drug-likeness (QED) is 0.701. The maximum atomic E-state index is 10.2. The topological polar surface area (TPSA) is 101 Å². The second-order valence-corrected chi connectivity index (χ2v) is 8.78. The van der Waals surface area contributed by atoms with Gasteiger partial charge in [-0.05, 0) is 22.8 Å². The Morgan fingerprint density at radius 2 is 1.75 bits per heavy atom. The second-order valence-electron chi connectivity index (χ2n) is 8.00. The van der Waals surface area contributed by atoms with Crippen molar-refractivity contribution in [2.24, 2.45) is 17.1 Å². The molecular formula is C25H19Cl2N5. The summed E-state index contributed by atoms with van der Waals surface area (Å²) in [5.74, 6) is -1.00. The first-order valence-electron chi connectivity index (χ1n) is 10.1. The molecule has 2 N–H and O–H groups in total. The first-order valence-corrected chi connectivity index (χ1v) is 10.9. The highest BCUT2D eigenvalue weighted by molar-refractivity contribution is 6.42. The Morgan fingerprint density at radius 1 is 1.03 bits per heavy atom. The van der Waals surface area contributed by atoms with E-state index in [0.29, 0.717) is 35.2 Å². The molecule has 2 aromatic rings. The second kappa shape index (κ2) is 8.70. The Hall–Kier alpha value is -3.27. The molecule has 0 radical (unpaired) electrons. The molecule has 5 nitrogen and oxygen atoms in total. The van der Waals surface area contributed by atoms with E-state index in [9.17, 15) is 15.8 Å². The Morgan fingerprint density at radius 3 is 2.41 bits per heavy atom. The Balaban J connectivity index is 1.89. The van der Waals surface area contributed by atoms with Gasteiger partial charge in [-0.1, -0.05) is 71.7 Å². The molecule has 1 aliphatic carbocycles. The normalized spacial score (nSPS) is 22.2. The maximum absolute atomic E-state index is 10.2. The molecule has 0 amide bonds. The van der Waals surface area contributed by atoms with E-state index in [1.807, 2.05) is 24.3 Å². The van der Waals surface area contributed by atoms with Crippen LogP contribution >= 0.6 is 23.2 Å². The fourth-order valence-corrected chi connectivity index (χ4v) is 5.24. The van der Waals surface area contributed by atoms with Crippen molar-refractivity contribution in [1.29, 1.82) is 15.8 Å². The van der Waals surface area contributed by atoms with Crippen LogP contribution in [0.2, 0.25) is 10.0 Å². The van der Waals surface area contributed by atoms with Crippen molar-refractivity contribution < 1.29 is 0 Å². The molecule has 32 heavy (non-hydrogen) atoms. The zero-order valence-corrected chi connectivity index (χ0v) is 18.6. The Bertz CT molecular complexity index is 1230. The molecule has 1 heterocycles. The highest BCUT2D eigenvalue weighted by atomic mass is 35.5. The zero-order chi connectivity index (χ0) is 22.9. The van der Waals surface area contributed by atoms with E-state index < -0.39 is 11.3 Å². The van der Waals surface area contributed by atoms with Crippen LogP contribution < -0.4 is 5.73 Å². The fraction of sp³-hybridized carbons (Fsp3) is 0.240. The number of nitrogens with zero attached hydrogens (tertiary/aromatic N) is 4. The van der Waals surface area contributed by atoms with Crippen molar-refractivity contribution in [3.05, 3.63) is 92.6 Å². The number of hydrogen-bond donors (Lipinski definition) is 1. The molecule has 0 bridgehead atoms. The van der Waals surface area contributed by atoms with Crippen molar-refractivity contribution in [2.45, 2.75) is 12.5 Å². The van der Waals surface area contributed by atoms with E-state index >= 15 is 0 Å². The predicted octanol–water partition coefficient (Wildman–Crippen LogP) is 4.92. The SMILES string of the molecule is N#CC1=C(N)C(C#N)(C#N)C(c2cccc(Cl)c2Cl)C2CN(Cc3ccccc3)CC=C12. The van der Waals surface area contributed by atoms with Gasteiger partial charge in [-0.25, -0.2) is 0 Å². The first kappa shape index (κ1) is 21.9. The highest BCUT2D eigenvalue weighted by Gasteiger charge is 2.55. The number of fused-ring (bicyclic) bond motifs is 1. The minimum absolute atomic E-state index is 0.0231. The van der Waals surface area contributed by atoms with Crippen molar-refractivity contribution in [2.75, 3.05) is 13.1 Å². The van der Waals surface area contributed by atoms with Gasteiger partial charge in [-0.2, -0.15) is 15.8 Å². The number of hydrogen-bond acceptors (Lipinski definition) is 5. The largest absolute Gasteiger partial charge is 0.399 e. The number of nitriles is 3. The third-order valence-corrected chi connectivity index (χ3v) is 7.14. The van der Waals surface area contributed by atoms with E-state index in [-0.39, 0.29) is 17.2 Å². The van der Waals surface area contributed by atoms with Gasteiger partial charge in [0.2, 0.25) is 0 Å². The zero-order valence-electron chi connectivity index (χ0n) is 17.1. The van der Waals surface area contributed by atoms with E-state index in [1.165, 1.54) is 0 Å². The average Bonchev–Trinajstić information content (AvgIpc) is 2.81. The van der Waals surface area contributed by atoms with Crippen molar-refractivity contribution in [3.63, 3.8) is 0 Å². The van der Waals surface area contributed by atoms with Gasteiger partial charge < -0.3 is 5.73 Å². The lowest BCUT2D eigenvalue weighted by Gasteiger charge is -2.45. The van der Waals surface area contributed by atoms with E-state index in [0.717, 1.165) is 11.1 Å². The van der Waals surface area contributed by atoms with Gasteiger partial charge in [0.25, 0.3) is 0 Å². The van der Waals surface area contributed by atoms with Crippen LogP contribution in [-0.2, 0) is 6.54 Å². The van der Waals surface area contributed by atoms with Crippen LogP contribution in [0.25, 0.3) is 0 Å². The Kier molecular flexibility index (Phi) is 5.96. The molecule has 1 aliphatic heterocycles. The molecule has 0 saturated carbocycles. The predicted molar refractivity (Wildman–Crippen MR) is 123 cm³/mol. The minimum atomic E-state index is -1.74. The maximum Gasteiger partial charge on any atom is 0.191 e. The van der Waals surface area contributed by atoms with Crippen LogP contribution in [0.1, 0.15) is 17.0 Å². The van der Waals surface area contributed by atoms with Crippen molar-refractivity contribution in [1.82, 2.24) is 4.90 Å². The van der Waals surface area contributed by atoms with Gasteiger partial charge in [-0.3, -0.25) is 4.90 Å². The summed E-state index contributed by atoms with van der Waals surface area (Å²) in [6.45, 7) is 1.86. The monoisotopic (exact) mass is 459 g/mol. The fourth-order valence-electron chi connectivity index (χ4n) is 4.81. The summed E-state index contributed by atoms with van der Waals surface area (Å²) in [5.41, 5.74) is 7.30. The van der Waals surface area contributed by atoms with Gasteiger partial charge in [0.15, 0.2) is 5.41 Å². The minimum Gasteiger partial charge on any atom is -0.399 e. The Labute approximate surface area is 197 Å².